The highest BCUT2D eigenvalue weighted by Gasteiger charge is 2.11. The Morgan fingerprint density at radius 2 is 1.91 bits per heavy atom. The van der Waals surface area contributed by atoms with E-state index >= 15 is 0 Å². The highest BCUT2D eigenvalue weighted by Crippen LogP contribution is 2.19. The van der Waals surface area contributed by atoms with Crippen LogP contribution in [0.25, 0.3) is 0 Å². The lowest BCUT2D eigenvalue weighted by Gasteiger charge is -2.09. The monoisotopic (exact) mass is 315 g/mol. The Hall–Kier alpha value is -2.36. The summed E-state index contributed by atoms with van der Waals surface area (Å²) in [6.45, 7) is 2.83. The lowest BCUT2D eigenvalue weighted by molar-refractivity contribution is 0.102. The molecule has 0 heterocycles. The summed E-state index contributed by atoms with van der Waals surface area (Å²) in [6.07, 6.45) is 4.57. The molecule has 4 heteroatoms. The van der Waals surface area contributed by atoms with Gasteiger partial charge in [0.1, 0.15) is 11.6 Å². The zero-order valence-corrected chi connectivity index (χ0v) is 13.3. The Balaban J connectivity index is 1.92. The molecule has 0 saturated carbocycles. The third-order valence-electron chi connectivity index (χ3n) is 3.48. The number of unbranched alkanes of at least 4 members (excludes halogenated alkanes) is 3. The summed E-state index contributed by atoms with van der Waals surface area (Å²) < 4.78 is 19.3. The van der Waals surface area contributed by atoms with Crippen molar-refractivity contribution in [1.82, 2.24) is 0 Å². The Morgan fingerprint density at radius 1 is 1.09 bits per heavy atom. The number of halogens is 1. The van der Waals surface area contributed by atoms with Crippen molar-refractivity contribution in [2.45, 2.75) is 32.6 Å². The third kappa shape index (κ3) is 5.40. The highest BCUT2D eigenvalue weighted by atomic mass is 19.1. The summed E-state index contributed by atoms with van der Waals surface area (Å²) in [6, 6.07) is 13.1. The second kappa shape index (κ2) is 8.93. The molecule has 1 N–H and O–H groups in total. The van der Waals surface area contributed by atoms with E-state index in [4.69, 9.17) is 4.74 Å². The molecule has 2 rings (SSSR count). The minimum absolute atomic E-state index is 0.0263. The fraction of sp³-hybridized carbons (Fsp3) is 0.316. The molecule has 0 aromatic heterocycles. The highest BCUT2D eigenvalue weighted by molar-refractivity contribution is 6.04. The Labute approximate surface area is 136 Å². The molecule has 0 unspecified atom stereocenters. The van der Waals surface area contributed by atoms with E-state index in [1.54, 1.807) is 30.3 Å². The number of hydrogen-bond donors (Lipinski definition) is 1. The maximum atomic E-state index is 13.6. The van der Waals surface area contributed by atoms with Crippen molar-refractivity contribution in [3.05, 3.63) is 59.9 Å². The zero-order chi connectivity index (χ0) is 16.5. The number of hydrogen-bond acceptors (Lipinski definition) is 2. The number of amides is 1. The Bertz CT molecular complexity index is 643. The number of anilines is 1. The quantitative estimate of drug-likeness (QED) is 0.693. The predicted molar refractivity (Wildman–Crippen MR) is 90.4 cm³/mol. The van der Waals surface area contributed by atoms with Crippen LogP contribution < -0.4 is 10.1 Å². The van der Waals surface area contributed by atoms with E-state index < -0.39 is 11.7 Å². The third-order valence-corrected chi connectivity index (χ3v) is 3.48. The molecule has 2 aromatic carbocycles. The molecule has 0 aliphatic rings. The van der Waals surface area contributed by atoms with E-state index in [0.717, 1.165) is 12.8 Å². The van der Waals surface area contributed by atoms with Crippen LogP contribution in [0.2, 0.25) is 0 Å². The standard InChI is InChI=1S/C19H22FNO2/c1-2-3-4-7-13-23-16-10-8-9-15(14-16)21-19(22)17-11-5-6-12-18(17)20/h5-6,8-12,14H,2-4,7,13H2,1H3,(H,21,22). The minimum Gasteiger partial charge on any atom is -0.494 e. The van der Waals surface area contributed by atoms with Gasteiger partial charge in [-0.25, -0.2) is 4.39 Å². The zero-order valence-electron chi connectivity index (χ0n) is 13.3. The number of carbonyl (C=O) groups is 1. The van der Waals surface area contributed by atoms with Crippen LogP contribution in [-0.2, 0) is 0 Å². The van der Waals surface area contributed by atoms with Gasteiger partial charge in [0.15, 0.2) is 0 Å². The first-order valence-corrected chi connectivity index (χ1v) is 7.99. The topological polar surface area (TPSA) is 38.3 Å². The van der Waals surface area contributed by atoms with Crippen molar-refractivity contribution in [1.29, 1.82) is 0 Å². The van der Waals surface area contributed by atoms with Crippen molar-refractivity contribution in [2.75, 3.05) is 11.9 Å². The molecular formula is C19H22FNO2. The maximum absolute atomic E-state index is 13.6. The van der Waals surface area contributed by atoms with Gasteiger partial charge >= 0.3 is 0 Å². The molecule has 0 fully saturated rings. The van der Waals surface area contributed by atoms with E-state index in [0.29, 0.717) is 18.0 Å². The lowest BCUT2D eigenvalue weighted by atomic mass is 10.2. The van der Waals surface area contributed by atoms with Gasteiger partial charge in [0, 0.05) is 11.8 Å². The largest absolute Gasteiger partial charge is 0.494 e. The van der Waals surface area contributed by atoms with Crippen molar-refractivity contribution < 1.29 is 13.9 Å². The van der Waals surface area contributed by atoms with Gasteiger partial charge in [-0.15, -0.1) is 0 Å². The summed E-state index contributed by atoms with van der Waals surface area (Å²) in [5.74, 6) is -0.302. The molecule has 0 atom stereocenters. The molecule has 0 radical (unpaired) electrons. The van der Waals surface area contributed by atoms with Crippen LogP contribution in [0.1, 0.15) is 43.0 Å². The molecular weight excluding hydrogens is 293 g/mol. The van der Waals surface area contributed by atoms with Gasteiger partial charge in [0.25, 0.3) is 5.91 Å². The lowest BCUT2D eigenvalue weighted by Crippen LogP contribution is -2.13. The van der Waals surface area contributed by atoms with Crippen LogP contribution >= 0.6 is 0 Å². The summed E-state index contributed by atoms with van der Waals surface area (Å²) in [4.78, 5) is 12.1. The van der Waals surface area contributed by atoms with Gasteiger partial charge in [0.05, 0.1) is 12.2 Å². The molecule has 1 amide bonds. The maximum Gasteiger partial charge on any atom is 0.258 e. The van der Waals surface area contributed by atoms with Gasteiger partial charge in [-0.3, -0.25) is 4.79 Å². The Morgan fingerprint density at radius 3 is 2.70 bits per heavy atom. The van der Waals surface area contributed by atoms with Crippen molar-refractivity contribution in [3.63, 3.8) is 0 Å². The molecule has 0 aliphatic heterocycles. The summed E-state index contributed by atoms with van der Waals surface area (Å²) >= 11 is 0. The summed E-state index contributed by atoms with van der Waals surface area (Å²) in [5, 5.41) is 2.69. The van der Waals surface area contributed by atoms with E-state index in [1.807, 2.05) is 6.07 Å². The van der Waals surface area contributed by atoms with E-state index in [-0.39, 0.29) is 5.56 Å². The first-order chi connectivity index (χ1) is 11.2. The van der Waals surface area contributed by atoms with Crippen molar-refractivity contribution in [2.24, 2.45) is 0 Å². The average molecular weight is 315 g/mol. The van der Waals surface area contributed by atoms with Gasteiger partial charge < -0.3 is 10.1 Å². The second-order valence-electron chi connectivity index (χ2n) is 5.37. The molecule has 122 valence electrons. The average Bonchev–Trinajstić information content (AvgIpc) is 2.55. The number of carbonyl (C=O) groups excluding carboxylic acids is 1. The van der Waals surface area contributed by atoms with Crippen LogP contribution in [-0.4, -0.2) is 12.5 Å². The van der Waals surface area contributed by atoms with Gasteiger partial charge in [-0.2, -0.15) is 0 Å². The van der Waals surface area contributed by atoms with Crippen LogP contribution in [0.4, 0.5) is 10.1 Å². The summed E-state index contributed by atoms with van der Waals surface area (Å²) in [5.41, 5.74) is 0.614. The van der Waals surface area contributed by atoms with Gasteiger partial charge in [-0.05, 0) is 30.7 Å². The molecule has 2 aromatic rings. The second-order valence-corrected chi connectivity index (χ2v) is 5.37. The van der Waals surface area contributed by atoms with E-state index in [1.165, 1.54) is 25.0 Å². The van der Waals surface area contributed by atoms with Gasteiger partial charge in [0.2, 0.25) is 0 Å². The van der Waals surface area contributed by atoms with Crippen LogP contribution in [0.3, 0.4) is 0 Å². The molecule has 3 nitrogen and oxygen atoms in total. The number of nitrogens with one attached hydrogen (secondary N) is 1. The van der Waals surface area contributed by atoms with Crippen molar-refractivity contribution >= 4 is 11.6 Å². The van der Waals surface area contributed by atoms with Crippen molar-refractivity contribution in [3.8, 4) is 5.75 Å². The first kappa shape index (κ1) is 17.0. The molecule has 23 heavy (non-hydrogen) atoms. The number of benzene rings is 2. The molecule has 0 spiro atoms. The van der Waals surface area contributed by atoms with Gasteiger partial charge in [-0.1, -0.05) is 44.4 Å². The SMILES string of the molecule is CCCCCCOc1cccc(NC(=O)c2ccccc2F)c1. The number of rotatable bonds is 8. The molecule has 0 bridgehead atoms. The summed E-state index contributed by atoms with van der Waals surface area (Å²) in [7, 11) is 0. The smallest absolute Gasteiger partial charge is 0.258 e. The van der Waals surface area contributed by atoms with Crippen LogP contribution in [0.5, 0.6) is 5.75 Å². The normalized spacial score (nSPS) is 10.3. The number of ether oxygens (including phenoxy) is 1. The Kier molecular flexibility index (Phi) is 6.60. The van der Waals surface area contributed by atoms with Crippen LogP contribution in [0.15, 0.2) is 48.5 Å². The van der Waals surface area contributed by atoms with E-state index in [9.17, 15) is 9.18 Å². The minimum atomic E-state index is -0.534. The van der Waals surface area contributed by atoms with E-state index in [2.05, 4.69) is 12.2 Å². The fourth-order valence-corrected chi connectivity index (χ4v) is 2.23. The van der Waals surface area contributed by atoms with Crippen LogP contribution in [0, 0.1) is 5.82 Å². The first-order valence-electron chi connectivity index (χ1n) is 7.99. The predicted octanol–water partition coefficient (Wildman–Crippen LogP) is 5.04. The fourth-order valence-electron chi connectivity index (χ4n) is 2.23. The molecule has 0 aliphatic carbocycles. The molecule has 0 saturated heterocycles.